The van der Waals surface area contributed by atoms with Crippen molar-refractivity contribution in [2.45, 2.75) is 49.2 Å². The van der Waals surface area contributed by atoms with Crippen molar-refractivity contribution in [1.82, 2.24) is 4.90 Å². The first-order chi connectivity index (χ1) is 10.7. The van der Waals surface area contributed by atoms with E-state index in [0.29, 0.717) is 24.3 Å². The molecule has 0 aliphatic carbocycles. The van der Waals surface area contributed by atoms with Crippen molar-refractivity contribution < 1.29 is 35.8 Å². The smallest absolute Gasteiger partial charge is 0.316 e. The predicted molar refractivity (Wildman–Crippen MR) is 101 cm³/mol. The molecule has 9 heteroatoms. The first kappa shape index (κ1) is 24.9. The molecule has 3 saturated heterocycles. The number of benzene rings is 1. The van der Waals surface area contributed by atoms with Crippen LogP contribution in [0.5, 0.6) is 0 Å². The molecule has 1 aromatic rings. The first-order valence-electron chi connectivity index (χ1n) is 7.92. The Labute approximate surface area is 162 Å². The Bertz CT molecular complexity index is 557. The van der Waals surface area contributed by atoms with E-state index >= 15 is 0 Å². The highest BCUT2D eigenvalue weighted by Crippen LogP contribution is 2.48. The number of esters is 1. The number of carbonyl (C=O) groups excluding carboxylic acids is 1. The van der Waals surface area contributed by atoms with E-state index in [2.05, 4.69) is 11.9 Å². The summed E-state index contributed by atoms with van der Waals surface area (Å²) in [5.74, 6) is -0.915. The minimum absolute atomic E-state index is 0. The van der Waals surface area contributed by atoms with Crippen LogP contribution in [0.1, 0.15) is 24.3 Å². The Hall–Kier alpha value is -1.07. The highest BCUT2D eigenvalue weighted by molar-refractivity contribution is 8.93. The summed E-state index contributed by atoms with van der Waals surface area (Å²) >= 11 is 0. The fourth-order valence-electron chi connectivity index (χ4n) is 4.04. The molecule has 26 heavy (non-hydrogen) atoms. The summed E-state index contributed by atoms with van der Waals surface area (Å²) in [7, 11) is 2.13. The molecular weight excluding hydrogens is 410 g/mol. The minimum Gasteiger partial charge on any atom is -0.462 e. The molecule has 3 fully saturated rings. The third kappa shape index (κ3) is 4.25. The Kier molecular flexibility index (Phi) is 9.35. The van der Waals surface area contributed by atoms with Crippen molar-refractivity contribution >= 4 is 23.0 Å². The molecule has 0 spiro atoms. The van der Waals surface area contributed by atoms with Gasteiger partial charge in [0.05, 0.1) is 6.61 Å². The van der Waals surface area contributed by atoms with E-state index in [1.807, 2.05) is 30.3 Å². The van der Waals surface area contributed by atoms with Crippen molar-refractivity contribution in [2.24, 2.45) is 0 Å². The lowest BCUT2D eigenvalue weighted by Crippen LogP contribution is -2.48. The molecule has 3 aliphatic heterocycles. The monoisotopic (exact) mass is 437 g/mol. The number of hydrogen-bond acceptors (Lipinski definition) is 5. The first-order valence-corrected chi connectivity index (χ1v) is 7.92. The molecule has 0 radical (unpaired) electrons. The van der Waals surface area contributed by atoms with Crippen LogP contribution in [0.2, 0.25) is 0 Å². The SMILES string of the molecule is Br.CN1[C@@H]2CC(OC(=O)[C@@H](CO)c3ccccc3)C[C@H]1[C@@H]1O[C@@H]12.O.O.O. The number of aliphatic hydroxyl groups excluding tert-OH is 1. The summed E-state index contributed by atoms with van der Waals surface area (Å²) in [4.78, 5) is 14.8. The molecule has 1 aromatic carbocycles. The van der Waals surface area contributed by atoms with Crippen LogP contribution < -0.4 is 0 Å². The van der Waals surface area contributed by atoms with E-state index in [4.69, 9.17) is 9.47 Å². The van der Waals surface area contributed by atoms with Crippen LogP contribution in [0.25, 0.3) is 0 Å². The van der Waals surface area contributed by atoms with Gasteiger partial charge >= 0.3 is 5.97 Å². The van der Waals surface area contributed by atoms with Gasteiger partial charge in [0.25, 0.3) is 0 Å². The van der Waals surface area contributed by atoms with E-state index in [9.17, 15) is 9.90 Å². The molecule has 4 rings (SSSR count). The highest BCUT2D eigenvalue weighted by Gasteiger charge is 2.62. The zero-order valence-corrected chi connectivity index (χ0v) is 16.2. The molecular formula is C17H28BrNO7. The van der Waals surface area contributed by atoms with Crippen molar-refractivity contribution in [3.8, 4) is 0 Å². The van der Waals surface area contributed by atoms with Crippen molar-refractivity contribution in [2.75, 3.05) is 13.7 Å². The normalized spacial score (nSPS) is 31.7. The standard InChI is InChI=1S/C17H21NO4.BrH.3H2O/c1-18-13-7-11(8-14(18)16-15(13)22-16)21-17(20)12(9-19)10-5-3-2-4-6-10;;;;/h2-6,11-16,19H,7-9H2,1H3;1H;3*1H2/t11?,12-,13-,14+,15-,16+;;;;/m0..../s1. The predicted octanol–water partition coefficient (Wildman–Crippen LogP) is -0.978. The lowest BCUT2D eigenvalue weighted by Gasteiger charge is -2.38. The van der Waals surface area contributed by atoms with E-state index in [1.54, 1.807) is 0 Å². The van der Waals surface area contributed by atoms with Gasteiger partial charge in [0.2, 0.25) is 0 Å². The molecule has 3 heterocycles. The second kappa shape index (κ2) is 9.75. The summed E-state index contributed by atoms with van der Waals surface area (Å²) in [6, 6.07) is 10.1. The number of rotatable bonds is 4. The van der Waals surface area contributed by atoms with Crippen molar-refractivity contribution in [1.29, 1.82) is 0 Å². The fraction of sp³-hybridized carbons (Fsp3) is 0.588. The molecule has 8 nitrogen and oxygen atoms in total. The number of epoxide rings is 1. The molecule has 0 aromatic heterocycles. The molecule has 150 valence electrons. The van der Waals surface area contributed by atoms with Crippen LogP contribution in [-0.4, -0.2) is 76.5 Å². The zero-order chi connectivity index (χ0) is 15.3. The molecule has 6 atom stereocenters. The Morgan fingerprint density at radius 3 is 2.23 bits per heavy atom. The topological polar surface area (TPSA) is 157 Å². The average molecular weight is 438 g/mol. The number of morpholine rings is 1. The van der Waals surface area contributed by atoms with Gasteiger partial charge in [-0.15, -0.1) is 17.0 Å². The van der Waals surface area contributed by atoms with Gasteiger partial charge in [-0.05, 0) is 12.6 Å². The number of likely N-dealkylation sites (N-methyl/N-ethyl adjacent to an activating group) is 1. The van der Waals surface area contributed by atoms with Gasteiger partial charge < -0.3 is 31.0 Å². The third-order valence-electron chi connectivity index (χ3n) is 5.33. The molecule has 2 bridgehead atoms. The number of piperidine rings is 1. The van der Waals surface area contributed by atoms with Gasteiger partial charge in [0.15, 0.2) is 0 Å². The number of carbonyl (C=O) groups is 1. The Morgan fingerprint density at radius 2 is 1.73 bits per heavy atom. The summed E-state index contributed by atoms with van der Waals surface area (Å²) in [5.41, 5.74) is 0.803. The fourth-order valence-corrected chi connectivity index (χ4v) is 4.04. The minimum atomic E-state index is -0.593. The summed E-state index contributed by atoms with van der Waals surface area (Å²) in [5, 5.41) is 9.56. The zero-order valence-electron chi connectivity index (χ0n) is 14.5. The average Bonchev–Trinajstić information content (AvgIpc) is 3.27. The number of nitrogens with zero attached hydrogens (tertiary/aromatic N) is 1. The van der Waals surface area contributed by atoms with E-state index in [1.165, 1.54) is 0 Å². The largest absolute Gasteiger partial charge is 0.462 e. The van der Waals surface area contributed by atoms with Gasteiger partial charge in [-0.25, -0.2) is 0 Å². The number of aliphatic hydroxyl groups is 1. The second-order valence-electron chi connectivity index (χ2n) is 6.54. The van der Waals surface area contributed by atoms with Crippen LogP contribution in [0.4, 0.5) is 0 Å². The van der Waals surface area contributed by atoms with Crippen LogP contribution in [0, 0.1) is 0 Å². The van der Waals surface area contributed by atoms with E-state index < -0.39 is 5.92 Å². The van der Waals surface area contributed by atoms with Crippen LogP contribution in [0.15, 0.2) is 30.3 Å². The maximum Gasteiger partial charge on any atom is 0.316 e. The molecule has 7 N–H and O–H groups in total. The van der Waals surface area contributed by atoms with Gasteiger partial charge in [-0.2, -0.15) is 0 Å². The number of halogens is 1. The van der Waals surface area contributed by atoms with Crippen molar-refractivity contribution in [3.05, 3.63) is 35.9 Å². The molecule has 0 saturated carbocycles. The van der Waals surface area contributed by atoms with Crippen LogP contribution in [0.3, 0.4) is 0 Å². The second-order valence-corrected chi connectivity index (χ2v) is 6.54. The van der Waals surface area contributed by atoms with E-state index in [0.717, 1.165) is 18.4 Å². The third-order valence-corrected chi connectivity index (χ3v) is 5.33. The number of fused-ring (bicyclic) bond motifs is 5. The van der Waals surface area contributed by atoms with E-state index in [-0.39, 0.29) is 52.1 Å². The Balaban J connectivity index is 0.00000156. The summed E-state index contributed by atoms with van der Waals surface area (Å²) in [6.45, 7) is -0.226. The lowest BCUT2D eigenvalue weighted by atomic mass is 9.97. The summed E-state index contributed by atoms with van der Waals surface area (Å²) in [6.07, 6.45) is 2.26. The summed E-state index contributed by atoms with van der Waals surface area (Å²) < 4.78 is 11.4. The van der Waals surface area contributed by atoms with Gasteiger partial charge in [0, 0.05) is 24.9 Å². The molecule has 0 amide bonds. The highest BCUT2D eigenvalue weighted by atomic mass is 79.9. The van der Waals surface area contributed by atoms with Crippen LogP contribution in [-0.2, 0) is 14.3 Å². The van der Waals surface area contributed by atoms with Crippen LogP contribution >= 0.6 is 17.0 Å². The molecule has 3 aliphatic rings. The quantitative estimate of drug-likeness (QED) is 0.472. The molecule has 1 unspecified atom stereocenters. The number of hydrogen-bond donors (Lipinski definition) is 1. The van der Waals surface area contributed by atoms with Gasteiger partial charge in [-0.3, -0.25) is 9.69 Å². The van der Waals surface area contributed by atoms with Gasteiger partial charge in [0.1, 0.15) is 24.2 Å². The van der Waals surface area contributed by atoms with Gasteiger partial charge in [-0.1, -0.05) is 30.3 Å². The van der Waals surface area contributed by atoms with Crippen molar-refractivity contribution in [3.63, 3.8) is 0 Å². The maximum absolute atomic E-state index is 12.4. The number of ether oxygens (including phenoxy) is 2. The Morgan fingerprint density at radius 1 is 1.19 bits per heavy atom. The maximum atomic E-state index is 12.4. The lowest BCUT2D eigenvalue weighted by molar-refractivity contribution is -0.156.